The molecular weight excluding hydrogens is 615 g/mol. The van der Waals surface area contributed by atoms with Gasteiger partial charge in [-0.15, -0.1) is 0 Å². The highest BCUT2D eigenvalue weighted by Crippen LogP contribution is 2.43. The van der Waals surface area contributed by atoms with Crippen LogP contribution >= 0.6 is 0 Å². The number of rotatable bonds is 5. The van der Waals surface area contributed by atoms with Crippen LogP contribution in [-0.2, 0) is 10.2 Å². The quantitative estimate of drug-likeness (QED) is 0.210. The van der Waals surface area contributed by atoms with Gasteiger partial charge >= 0.3 is 17.4 Å². The molecule has 12 heteroatoms. The Morgan fingerprint density at radius 3 is 1.89 bits per heavy atom. The summed E-state index contributed by atoms with van der Waals surface area (Å²) in [4.78, 5) is 35.9. The van der Waals surface area contributed by atoms with Crippen molar-refractivity contribution in [1.29, 1.82) is 0 Å². The van der Waals surface area contributed by atoms with Gasteiger partial charge in [0.25, 0.3) is 5.91 Å². The highest BCUT2D eigenvalue weighted by atomic mass is 19.4. The molecule has 0 saturated carbocycles. The number of anilines is 1. The third-order valence-corrected chi connectivity index (χ3v) is 8.02. The number of hydrogen-bond donors (Lipinski definition) is 2. The van der Waals surface area contributed by atoms with Gasteiger partial charge in [-0.1, -0.05) is 84.8 Å². The predicted molar refractivity (Wildman–Crippen MR) is 171 cm³/mol. The first-order valence-corrected chi connectivity index (χ1v) is 14.5. The molecule has 4 aromatic carbocycles. The van der Waals surface area contributed by atoms with E-state index < -0.39 is 35.1 Å². The summed E-state index contributed by atoms with van der Waals surface area (Å²) in [5.74, 6) is -1.62. The molecule has 9 nitrogen and oxygen atoms in total. The van der Waals surface area contributed by atoms with Crippen molar-refractivity contribution in [3.8, 4) is 0 Å². The smallest absolute Gasteiger partial charge is 0.373 e. The number of carbonyl (C=O) groups is 1. The van der Waals surface area contributed by atoms with Crippen LogP contribution in [0.3, 0.4) is 0 Å². The Morgan fingerprint density at radius 1 is 0.745 bits per heavy atom. The summed E-state index contributed by atoms with van der Waals surface area (Å²) in [6.45, 7) is 6.48. The number of halogens is 3. The number of alkyl halides is 3. The molecule has 2 aromatic heterocycles. The molecule has 0 fully saturated rings. The maximum absolute atomic E-state index is 14.2. The van der Waals surface area contributed by atoms with Crippen LogP contribution in [0.5, 0.6) is 0 Å². The molecule has 6 aromatic rings. The SMILES string of the molecule is Cc1noc(=O)c2ccc(NC(=O)C(O)(CC(C)(C)c3cccc4ccccc34)C(F)(F)F)cc12.Cc1noc(=O)c2ccccc12. The normalized spacial score (nSPS) is 13.2. The van der Waals surface area contributed by atoms with E-state index in [2.05, 4.69) is 24.7 Å². The highest BCUT2D eigenvalue weighted by molar-refractivity contribution is 6.00. The number of aryl methyl sites for hydroxylation is 2. The number of fused-ring (bicyclic) bond motifs is 3. The molecule has 0 aliphatic rings. The fourth-order valence-electron chi connectivity index (χ4n) is 5.59. The van der Waals surface area contributed by atoms with Crippen molar-refractivity contribution < 1.29 is 32.1 Å². The van der Waals surface area contributed by atoms with Crippen molar-refractivity contribution in [3.05, 3.63) is 123 Å². The number of aliphatic hydroxyl groups is 1. The lowest BCUT2D eigenvalue weighted by atomic mass is 9.73. The molecule has 0 aliphatic carbocycles. The Morgan fingerprint density at radius 2 is 1.28 bits per heavy atom. The van der Waals surface area contributed by atoms with E-state index in [1.54, 1.807) is 57.2 Å². The molecule has 242 valence electrons. The zero-order valence-corrected chi connectivity index (χ0v) is 25.8. The molecule has 47 heavy (non-hydrogen) atoms. The Labute approximate surface area is 265 Å². The number of hydrogen-bond acceptors (Lipinski definition) is 8. The topological polar surface area (TPSA) is 136 Å². The van der Waals surface area contributed by atoms with Gasteiger partial charge in [0.15, 0.2) is 0 Å². The predicted octanol–water partition coefficient (Wildman–Crippen LogP) is 6.75. The zero-order chi connectivity index (χ0) is 34.1. The number of benzene rings is 4. The van der Waals surface area contributed by atoms with Crippen molar-refractivity contribution >= 4 is 43.9 Å². The molecule has 0 spiro atoms. The van der Waals surface area contributed by atoms with Gasteiger partial charge in [0.05, 0.1) is 22.2 Å². The second-order valence-electron chi connectivity index (χ2n) is 11.8. The van der Waals surface area contributed by atoms with Crippen LogP contribution in [0.15, 0.2) is 104 Å². The fourth-order valence-corrected chi connectivity index (χ4v) is 5.59. The Balaban J connectivity index is 0.000000301. The number of aromatic nitrogens is 2. The van der Waals surface area contributed by atoms with E-state index in [1.807, 2.05) is 37.3 Å². The second kappa shape index (κ2) is 12.4. The molecule has 0 bridgehead atoms. The van der Waals surface area contributed by atoms with Gasteiger partial charge in [-0.2, -0.15) is 13.2 Å². The molecule has 2 N–H and O–H groups in total. The fraction of sp³-hybridized carbons (Fsp3) is 0.229. The van der Waals surface area contributed by atoms with Gasteiger partial charge in [0, 0.05) is 22.9 Å². The molecule has 0 radical (unpaired) electrons. The lowest BCUT2D eigenvalue weighted by molar-refractivity contribution is -0.254. The molecule has 6 rings (SSSR count). The standard InChI is InChI=1S/C26H23F3N2O4.C9H7NO2/c1-15-20-13-17(11-12-19(20)22(32)35-31-15)30-23(33)25(34,26(27,28)29)14-24(2,3)21-10-6-8-16-7-4-5-9-18(16)21;1-6-7-4-2-3-5-8(7)9(11)12-10-6/h4-13,34H,14H2,1-3H3,(H,30,33);2-5H,1H3. The minimum Gasteiger partial charge on any atom is -0.373 e. The van der Waals surface area contributed by atoms with Gasteiger partial charge in [0.1, 0.15) is 0 Å². The third-order valence-electron chi connectivity index (χ3n) is 8.02. The average Bonchev–Trinajstić information content (AvgIpc) is 3.04. The Bertz CT molecular complexity index is 2240. The Kier molecular flexibility index (Phi) is 8.74. The van der Waals surface area contributed by atoms with Crippen molar-refractivity contribution in [2.24, 2.45) is 0 Å². The van der Waals surface area contributed by atoms with Gasteiger partial charge in [-0.05, 0) is 59.9 Å². The zero-order valence-electron chi connectivity index (χ0n) is 25.8. The number of amides is 1. The monoisotopic (exact) mass is 645 g/mol. The first kappa shape index (κ1) is 33.0. The lowest BCUT2D eigenvalue weighted by Gasteiger charge is -2.37. The lowest BCUT2D eigenvalue weighted by Crippen LogP contribution is -2.57. The first-order valence-electron chi connectivity index (χ1n) is 14.5. The van der Waals surface area contributed by atoms with E-state index in [-0.39, 0.29) is 16.7 Å². The highest BCUT2D eigenvalue weighted by Gasteiger charge is 2.61. The minimum absolute atomic E-state index is 0.0244. The second-order valence-corrected chi connectivity index (χ2v) is 11.8. The number of nitrogens with one attached hydrogen (secondary N) is 1. The molecule has 2 heterocycles. The van der Waals surface area contributed by atoms with Gasteiger partial charge in [-0.3, -0.25) is 4.79 Å². The maximum Gasteiger partial charge on any atom is 0.426 e. The minimum atomic E-state index is -5.26. The van der Waals surface area contributed by atoms with E-state index in [0.29, 0.717) is 22.0 Å². The summed E-state index contributed by atoms with van der Waals surface area (Å²) >= 11 is 0. The van der Waals surface area contributed by atoms with Crippen LogP contribution in [0, 0.1) is 13.8 Å². The van der Waals surface area contributed by atoms with Crippen LogP contribution in [0.2, 0.25) is 0 Å². The Hall–Kier alpha value is -5.36. The van der Waals surface area contributed by atoms with Crippen LogP contribution in [-0.4, -0.2) is 33.1 Å². The van der Waals surface area contributed by atoms with E-state index in [0.717, 1.165) is 21.9 Å². The van der Waals surface area contributed by atoms with Gasteiger partial charge in [0.2, 0.25) is 5.60 Å². The van der Waals surface area contributed by atoms with E-state index in [9.17, 15) is 32.7 Å². The van der Waals surface area contributed by atoms with Crippen LogP contribution in [0.1, 0.15) is 37.2 Å². The average molecular weight is 646 g/mol. The van der Waals surface area contributed by atoms with Crippen LogP contribution in [0.4, 0.5) is 18.9 Å². The molecule has 1 atom stereocenters. The summed E-state index contributed by atoms with van der Waals surface area (Å²) in [6, 6.07) is 23.7. The first-order chi connectivity index (χ1) is 22.1. The molecule has 1 unspecified atom stereocenters. The van der Waals surface area contributed by atoms with E-state index in [4.69, 9.17) is 0 Å². The van der Waals surface area contributed by atoms with Crippen molar-refractivity contribution in [1.82, 2.24) is 10.3 Å². The van der Waals surface area contributed by atoms with E-state index >= 15 is 0 Å². The van der Waals surface area contributed by atoms with Crippen LogP contribution in [0.25, 0.3) is 32.3 Å². The summed E-state index contributed by atoms with van der Waals surface area (Å²) in [6.07, 6.45) is -6.17. The van der Waals surface area contributed by atoms with Crippen molar-refractivity contribution in [2.75, 3.05) is 5.32 Å². The summed E-state index contributed by atoms with van der Waals surface area (Å²) in [5, 5.41) is 23.7. The van der Waals surface area contributed by atoms with Gasteiger partial charge in [-0.25, -0.2) is 9.59 Å². The van der Waals surface area contributed by atoms with E-state index in [1.165, 1.54) is 18.2 Å². The van der Waals surface area contributed by atoms with Crippen molar-refractivity contribution in [3.63, 3.8) is 0 Å². The maximum atomic E-state index is 14.2. The summed E-state index contributed by atoms with van der Waals surface area (Å²) in [7, 11) is 0. The number of carbonyl (C=O) groups excluding carboxylic acids is 1. The van der Waals surface area contributed by atoms with Crippen LogP contribution < -0.4 is 16.6 Å². The molecular formula is C35H30F3N3O6. The van der Waals surface area contributed by atoms with Crippen molar-refractivity contribution in [2.45, 2.75) is 51.3 Å². The molecule has 1 amide bonds. The molecule has 0 saturated heterocycles. The summed E-state index contributed by atoms with van der Waals surface area (Å²) < 4.78 is 51.8. The summed E-state index contributed by atoms with van der Waals surface area (Å²) in [5.41, 5.74) is -4.40. The molecule has 0 aliphatic heterocycles. The largest absolute Gasteiger partial charge is 0.426 e. The third kappa shape index (κ3) is 6.50. The number of nitrogens with zero attached hydrogens (tertiary/aromatic N) is 2. The van der Waals surface area contributed by atoms with Gasteiger partial charge < -0.3 is 19.5 Å².